The average Bonchev–Trinajstić information content (AvgIpc) is 2.50. The third-order valence-electron chi connectivity index (χ3n) is 4.74. The van der Waals surface area contributed by atoms with E-state index in [2.05, 4.69) is 37.3 Å². The lowest BCUT2D eigenvalue weighted by molar-refractivity contribution is 0.475. The second-order valence-corrected chi connectivity index (χ2v) is 6.49. The minimum atomic E-state index is 0.0554. The molecular formula is C19H22ClN. The number of hydrogen-bond donors (Lipinski definition) is 1. The molecule has 21 heavy (non-hydrogen) atoms. The van der Waals surface area contributed by atoms with Crippen LogP contribution in [-0.4, -0.2) is 0 Å². The van der Waals surface area contributed by atoms with Crippen molar-refractivity contribution in [1.29, 1.82) is 0 Å². The van der Waals surface area contributed by atoms with E-state index in [4.69, 9.17) is 17.3 Å². The highest BCUT2D eigenvalue weighted by atomic mass is 35.5. The summed E-state index contributed by atoms with van der Waals surface area (Å²) < 4.78 is 0. The van der Waals surface area contributed by atoms with Crippen LogP contribution in [0.3, 0.4) is 0 Å². The van der Waals surface area contributed by atoms with Crippen LogP contribution in [0.25, 0.3) is 0 Å². The van der Waals surface area contributed by atoms with Crippen LogP contribution in [0.1, 0.15) is 53.5 Å². The highest BCUT2D eigenvalue weighted by Gasteiger charge is 2.23. The molecule has 0 amide bonds. The van der Waals surface area contributed by atoms with E-state index in [1.165, 1.54) is 36.0 Å². The molecule has 110 valence electrons. The van der Waals surface area contributed by atoms with Crippen molar-refractivity contribution in [3.8, 4) is 0 Å². The zero-order valence-corrected chi connectivity index (χ0v) is 13.2. The first kappa shape index (κ1) is 14.6. The lowest BCUT2D eigenvalue weighted by Gasteiger charge is -2.28. The number of hydrogen-bond acceptors (Lipinski definition) is 1. The molecule has 0 aliphatic heterocycles. The van der Waals surface area contributed by atoms with Crippen molar-refractivity contribution in [1.82, 2.24) is 0 Å². The van der Waals surface area contributed by atoms with Crippen LogP contribution in [0.2, 0.25) is 5.02 Å². The van der Waals surface area contributed by atoms with Gasteiger partial charge in [0.2, 0.25) is 0 Å². The molecule has 2 heteroatoms. The van der Waals surface area contributed by atoms with Gasteiger partial charge in [0.15, 0.2) is 0 Å². The molecule has 0 bridgehead atoms. The van der Waals surface area contributed by atoms with Crippen LogP contribution in [0, 0.1) is 6.92 Å². The molecule has 0 aromatic heterocycles. The van der Waals surface area contributed by atoms with E-state index < -0.39 is 0 Å². The van der Waals surface area contributed by atoms with Gasteiger partial charge >= 0.3 is 0 Å². The van der Waals surface area contributed by atoms with Crippen molar-refractivity contribution >= 4 is 11.6 Å². The van der Waals surface area contributed by atoms with Gasteiger partial charge in [-0.25, -0.2) is 0 Å². The molecule has 2 aromatic rings. The fourth-order valence-electron chi connectivity index (χ4n) is 3.56. The molecule has 0 saturated heterocycles. The predicted molar refractivity (Wildman–Crippen MR) is 89.9 cm³/mol. The van der Waals surface area contributed by atoms with E-state index in [0.29, 0.717) is 5.92 Å². The zero-order chi connectivity index (χ0) is 14.8. The largest absolute Gasteiger partial charge is 0.324 e. The number of fused-ring (bicyclic) bond motifs is 1. The van der Waals surface area contributed by atoms with Gasteiger partial charge in [0, 0.05) is 11.1 Å². The maximum atomic E-state index is 6.49. The molecule has 1 aliphatic rings. The molecule has 2 unspecified atom stereocenters. The number of halogens is 1. The fourth-order valence-corrected chi connectivity index (χ4v) is 3.74. The first-order chi connectivity index (χ1) is 10.2. The predicted octanol–water partition coefficient (Wildman–Crippen LogP) is 5.16. The molecule has 1 aliphatic carbocycles. The maximum Gasteiger partial charge on any atom is 0.0438 e. The van der Waals surface area contributed by atoms with Gasteiger partial charge in [-0.2, -0.15) is 0 Å². The van der Waals surface area contributed by atoms with Crippen LogP contribution >= 0.6 is 11.6 Å². The van der Waals surface area contributed by atoms with Crippen molar-refractivity contribution in [3.05, 3.63) is 69.7 Å². The van der Waals surface area contributed by atoms with Crippen molar-refractivity contribution < 1.29 is 0 Å². The minimum absolute atomic E-state index is 0.0554. The summed E-state index contributed by atoms with van der Waals surface area (Å²) >= 11 is 6.23. The third kappa shape index (κ3) is 3.00. The Morgan fingerprint density at radius 2 is 2.00 bits per heavy atom. The van der Waals surface area contributed by atoms with Gasteiger partial charge in [-0.1, -0.05) is 48.0 Å². The normalized spacial score (nSPS) is 19.1. The molecule has 0 heterocycles. The second-order valence-electron chi connectivity index (χ2n) is 6.08. The summed E-state index contributed by atoms with van der Waals surface area (Å²) in [4.78, 5) is 0. The van der Waals surface area contributed by atoms with Crippen LogP contribution in [0.15, 0.2) is 42.5 Å². The van der Waals surface area contributed by atoms with Gasteiger partial charge in [0.25, 0.3) is 0 Å². The molecule has 1 nitrogen and oxygen atoms in total. The lowest BCUT2D eigenvalue weighted by Crippen LogP contribution is -2.18. The molecule has 0 fully saturated rings. The van der Waals surface area contributed by atoms with E-state index in [1.54, 1.807) is 0 Å². The Hall–Kier alpha value is -1.31. The summed E-state index contributed by atoms with van der Waals surface area (Å²) in [5.74, 6) is 0.573. The van der Waals surface area contributed by atoms with Gasteiger partial charge in [-0.3, -0.25) is 0 Å². The quantitative estimate of drug-likeness (QED) is 0.832. The number of benzene rings is 2. The molecule has 3 rings (SSSR count). The minimum Gasteiger partial charge on any atom is -0.324 e. The summed E-state index contributed by atoms with van der Waals surface area (Å²) in [6, 6.07) is 14.9. The van der Waals surface area contributed by atoms with Crippen LogP contribution in [0.4, 0.5) is 0 Å². The maximum absolute atomic E-state index is 6.49. The second kappa shape index (κ2) is 6.21. The first-order valence-corrected chi connectivity index (χ1v) is 8.13. The Kier molecular flexibility index (Phi) is 4.32. The first-order valence-electron chi connectivity index (χ1n) is 7.75. The van der Waals surface area contributed by atoms with Crippen molar-refractivity contribution in [2.45, 2.75) is 44.6 Å². The molecule has 2 aromatic carbocycles. The lowest BCUT2D eigenvalue weighted by atomic mass is 9.78. The van der Waals surface area contributed by atoms with E-state index >= 15 is 0 Å². The standard InChI is InChI=1S/C19H22ClN/c1-13-16(10-5-11-18(13)20)19(21)12-15-8-4-7-14-6-2-3-9-17(14)15/h2-3,5-6,9-11,15,19H,4,7-8,12,21H2,1H3. The molecule has 2 atom stereocenters. The van der Waals surface area contributed by atoms with Gasteiger partial charge in [0.1, 0.15) is 0 Å². The number of aryl methyl sites for hydroxylation is 1. The summed E-state index contributed by atoms with van der Waals surface area (Å²) in [7, 11) is 0. The third-order valence-corrected chi connectivity index (χ3v) is 5.15. The number of rotatable bonds is 3. The van der Waals surface area contributed by atoms with Crippen molar-refractivity contribution in [2.75, 3.05) is 0 Å². The molecular weight excluding hydrogens is 278 g/mol. The molecule has 0 radical (unpaired) electrons. The highest BCUT2D eigenvalue weighted by molar-refractivity contribution is 6.31. The van der Waals surface area contributed by atoms with Crippen LogP contribution < -0.4 is 5.73 Å². The van der Waals surface area contributed by atoms with Crippen LogP contribution in [-0.2, 0) is 6.42 Å². The van der Waals surface area contributed by atoms with E-state index in [-0.39, 0.29) is 6.04 Å². The smallest absolute Gasteiger partial charge is 0.0438 e. The average molecular weight is 300 g/mol. The Balaban J connectivity index is 1.83. The van der Waals surface area contributed by atoms with Gasteiger partial charge in [-0.05, 0) is 66.8 Å². The molecule has 2 N–H and O–H groups in total. The van der Waals surface area contributed by atoms with E-state index in [9.17, 15) is 0 Å². The Morgan fingerprint density at radius 1 is 1.19 bits per heavy atom. The van der Waals surface area contributed by atoms with Gasteiger partial charge < -0.3 is 5.73 Å². The molecule has 0 saturated carbocycles. The summed E-state index contributed by atoms with van der Waals surface area (Å²) in [5, 5.41) is 0.812. The summed E-state index contributed by atoms with van der Waals surface area (Å²) in [6.45, 7) is 2.06. The Labute approximate surface area is 132 Å². The summed E-state index contributed by atoms with van der Waals surface area (Å²) in [6.07, 6.45) is 4.71. The zero-order valence-electron chi connectivity index (χ0n) is 12.5. The SMILES string of the molecule is Cc1c(Cl)cccc1C(N)CC1CCCc2ccccc21. The summed E-state index contributed by atoms with van der Waals surface area (Å²) in [5.41, 5.74) is 11.8. The highest BCUT2D eigenvalue weighted by Crippen LogP contribution is 2.38. The van der Waals surface area contributed by atoms with Crippen molar-refractivity contribution in [3.63, 3.8) is 0 Å². The van der Waals surface area contributed by atoms with Crippen LogP contribution in [0.5, 0.6) is 0 Å². The molecule has 0 spiro atoms. The van der Waals surface area contributed by atoms with Gasteiger partial charge in [-0.15, -0.1) is 0 Å². The van der Waals surface area contributed by atoms with E-state index in [0.717, 1.165) is 17.0 Å². The fraction of sp³-hybridized carbons (Fsp3) is 0.368. The van der Waals surface area contributed by atoms with Crippen molar-refractivity contribution in [2.24, 2.45) is 5.73 Å². The topological polar surface area (TPSA) is 26.0 Å². The van der Waals surface area contributed by atoms with Gasteiger partial charge in [0.05, 0.1) is 0 Å². The van der Waals surface area contributed by atoms with E-state index in [1.807, 2.05) is 12.1 Å². The Bertz CT molecular complexity index is 635. The number of nitrogens with two attached hydrogens (primary N) is 1. The Morgan fingerprint density at radius 3 is 2.86 bits per heavy atom. The monoisotopic (exact) mass is 299 g/mol.